The average Bonchev–Trinajstić information content (AvgIpc) is 2.70. The quantitative estimate of drug-likeness (QED) is 0.405. The Hall–Kier alpha value is -3.21. The molecule has 0 radical (unpaired) electrons. The fraction of sp³-hybridized carbons (Fsp3) is 0.227. The molecule has 0 fully saturated rings. The molecule has 0 aliphatic heterocycles. The van der Waals surface area contributed by atoms with Crippen LogP contribution in [0.15, 0.2) is 72.3 Å². The largest absolute Gasteiger partial charge is 0.411 e. The number of hydrogen-bond donors (Lipinski definition) is 1. The predicted molar refractivity (Wildman–Crippen MR) is 109 cm³/mol. The molecule has 3 aromatic rings. The third-order valence-corrected chi connectivity index (χ3v) is 4.72. The fourth-order valence-corrected chi connectivity index (χ4v) is 3.19. The van der Waals surface area contributed by atoms with Crippen LogP contribution in [-0.2, 0) is 0 Å². The minimum absolute atomic E-state index is 0.0125. The van der Waals surface area contributed by atoms with Crippen LogP contribution < -0.4 is 4.90 Å². The Labute approximate surface area is 160 Å². The van der Waals surface area contributed by atoms with E-state index in [-0.39, 0.29) is 5.92 Å². The van der Waals surface area contributed by atoms with Crippen molar-refractivity contribution in [2.24, 2.45) is 5.16 Å². The van der Waals surface area contributed by atoms with Crippen molar-refractivity contribution in [3.8, 4) is 0 Å². The van der Waals surface area contributed by atoms with E-state index in [2.05, 4.69) is 57.3 Å². The lowest BCUT2D eigenvalue weighted by molar-refractivity contribution is 0.317. The molecular formula is C22H24N4O. The predicted octanol–water partition coefficient (Wildman–Crippen LogP) is 4.25. The second-order valence-electron chi connectivity index (χ2n) is 6.73. The first-order valence-electron chi connectivity index (χ1n) is 8.90. The van der Waals surface area contributed by atoms with Crippen LogP contribution in [0.1, 0.15) is 34.7 Å². The van der Waals surface area contributed by atoms with Gasteiger partial charge in [0, 0.05) is 56.3 Å². The average molecular weight is 360 g/mol. The van der Waals surface area contributed by atoms with Gasteiger partial charge in [0.05, 0.1) is 11.4 Å². The zero-order valence-electron chi connectivity index (χ0n) is 15.9. The molecule has 27 heavy (non-hydrogen) atoms. The van der Waals surface area contributed by atoms with Crippen molar-refractivity contribution in [2.75, 3.05) is 19.0 Å². The van der Waals surface area contributed by atoms with Crippen molar-refractivity contribution in [3.63, 3.8) is 0 Å². The highest BCUT2D eigenvalue weighted by Crippen LogP contribution is 2.31. The maximum absolute atomic E-state index is 9.65. The maximum Gasteiger partial charge on any atom is 0.0878 e. The second kappa shape index (κ2) is 8.45. The van der Waals surface area contributed by atoms with Crippen molar-refractivity contribution < 1.29 is 5.21 Å². The van der Waals surface area contributed by atoms with E-state index in [1.54, 1.807) is 12.4 Å². The third kappa shape index (κ3) is 4.31. The van der Waals surface area contributed by atoms with Gasteiger partial charge in [-0.1, -0.05) is 23.4 Å². The van der Waals surface area contributed by atoms with Crippen molar-refractivity contribution in [3.05, 3.63) is 89.5 Å². The van der Waals surface area contributed by atoms with E-state index in [9.17, 15) is 5.21 Å². The van der Waals surface area contributed by atoms with Crippen LogP contribution in [0.3, 0.4) is 0 Å². The molecule has 5 nitrogen and oxygen atoms in total. The van der Waals surface area contributed by atoms with Crippen LogP contribution in [0.2, 0.25) is 0 Å². The molecule has 1 aromatic carbocycles. The third-order valence-electron chi connectivity index (χ3n) is 4.72. The number of nitrogens with zero attached hydrogens (tertiary/aromatic N) is 4. The summed E-state index contributed by atoms with van der Waals surface area (Å²) < 4.78 is 0. The molecule has 138 valence electrons. The van der Waals surface area contributed by atoms with Gasteiger partial charge in [-0.3, -0.25) is 9.97 Å². The summed E-state index contributed by atoms with van der Waals surface area (Å²) in [7, 11) is 4.05. The summed E-state index contributed by atoms with van der Waals surface area (Å²) in [5.41, 5.74) is 5.86. The van der Waals surface area contributed by atoms with Gasteiger partial charge in [0.15, 0.2) is 0 Å². The number of hydrogen-bond acceptors (Lipinski definition) is 5. The smallest absolute Gasteiger partial charge is 0.0878 e. The zero-order valence-corrected chi connectivity index (χ0v) is 15.9. The van der Waals surface area contributed by atoms with E-state index in [0.29, 0.717) is 12.1 Å². The second-order valence-corrected chi connectivity index (χ2v) is 6.73. The zero-order chi connectivity index (χ0) is 19.2. The number of anilines is 1. The monoisotopic (exact) mass is 360 g/mol. The summed E-state index contributed by atoms with van der Waals surface area (Å²) in [6.45, 7) is 2.06. The van der Waals surface area contributed by atoms with E-state index < -0.39 is 0 Å². The normalized spacial score (nSPS) is 12.6. The summed E-state index contributed by atoms with van der Waals surface area (Å²) in [5, 5.41) is 13.2. The molecule has 0 aliphatic carbocycles. The van der Waals surface area contributed by atoms with E-state index in [0.717, 1.165) is 28.1 Å². The SMILES string of the molecule is Cc1cccnc1C(C/C(=N/O)c1ccncc1)c1ccc(N(C)C)cc1. The first kappa shape index (κ1) is 18.6. The lowest BCUT2D eigenvalue weighted by atomic mass is 9.86. The van der Waals surface area contributed by atoms with Crippen molar-refractivity contribution in [1.29, 1.82) is 0 Å². The van der Waals surface area contributed by atoms with E-state index in [1.807, 2.05) is 38.5 Å². The summed E-state index contributed by atoms with van der Waals surface area (Å²) in [6.07, 6.45) is 5.76. The number of rotatable bonds is 6. The molecule has 5 heteroatoms. The standard InChI is InChI=1S/C22H24N4O/c1-16-5-4-12-24-22(16)20(17-6-8-19(9-7-17)26(2)3)15-21(25-27)18-10-13-23-14-11-18/h4-14,20,27H,15H2,1-3H3/b25-21-. The molecule has 1 unspecified atom stereocenters. The number of aryl methyl sites for hydroxylation is 1. The minimum atomic E-state index is -0.0125. The molecule has 0 bridgehead atoms. The molecule has 1 atom stereocenters. The Morgan fingerprint density at radius 1 is 1.04 bits per heavy atom. The molecule has 0 saturated heterocycles. The Balaban J connectivity index is 2.01. The Morgan fingerprint density at radius 3 is 2.33 bits per heavy atom. The molecule has 0 spiro atoms. The van der Waals surface area contributed by atoms with Crippen LogP contribution in [0, 0.1) is 6.92 Å². The van der Waals surface area contributed by atoms with E-state index >= 15 is 0 Å². The van der Waals surface area contributed by atoms with Crippen molar-refractivity contribution in [2.45, 2.75) is 19.3 Å². The number of benzene rings is 1. The van der Waals surface area contributed by atoms with Gasteiger partial charge in [-0.15, -0.1) is 0 Å². The topological polar surface area (TPSA) is 61.6 Å². The maximum atomic E-state index is 9.65. The van der Waals surface area contributed by atoms with Crippen molar-refractivity contribution >= 4 is 11.4 Å². The summed E-state index contributed by atoms with van der Waals surface area (Å²) >= 11 is 0. The molecule has 0 saturated carbocycles. The molecule has 1 N–H and O–H groups in total. The van der Waals surface area contributed by atoms with Gasteiger partial charge in [0.1, 0.15) is 0 Å². The number of pyridine rings is 2. The Morgan fingerprint density at radius 2 is 1.74 bits per heavy atom. The van der Waals surface area contributed by atoms with Gasteiger partial charge < -0.3 is 10.1 Å². The summed E-state index contributed by atoms with van der Waals surface area (Å²) in [6, 6.07) is 16.1. The molecule has 0 amide bonds. The van der Waals surface area contributed by atoms with E-state index in [4.69, 9.17) is 0 Å². The molecule has 0 aliphatic rings. The number of aromatic nitrogens is 2. The van der Waals surface area contributed by atoms with Gasteiger partial charge in [-0.2, -0.15) is 0 Å². The highest BCUT2D eigenvalue weighted by atomic mass is 16.4. The summed E-state index contributed by atoms with van der Waals surface area (Å²) in [5.74, 6) is -0.0125. The lowest BCUT2D eigenvalue weighted by Crippen LogP contribution is -2.13. The highest BCUT2D eigenvalue weighted by Gasteiger charge is 2.21. The van der Waals surface area contributed by atoms with Crippen molar-refractivity contribution in [1.82, 2.24) is 9.97 Å². The first-order valence-corrected chi connectivity index (χ1v) is 8.90. The van der Waals surface area contributed by atoms with Crippen LogP contribution in [0.4, 0.5) is 5.69 Å². The van der Waals surface area contributed by atoms with Crippen LogP contribution in [0.5, 0.6) is 0 Å². The van der Waals surface area contributed by atoms with Gasteiger partial charge in [0.2, 0.25) is 0 Å². The molecular weight excluding hydrogens is 336 g/mol. The van der Waals surface area contributed by atoms with Gasteiger partial charge >= 0.3 is 0 Å². The van der Waals surface area contributed by atoms with Crippen LogP contribution >= 0.6 is 0 Å². The molecule has 2 heterocycles. The Kier molecular flexibility index (Phi) is 5.81. The van der Waals surface area contributed by atoms with Gasteiger partial charge in [-0.05, 0) is 48.4 Å². The summed E-state index contributed by atoms with van der Waals surface area (Å²) in [4.78, 5) is 10.8. The molecule has 2 aromatic heterocycles. The fourth-order valence-electron chi connectivity index (χ4n) is 3.19. The van der Waals surface area contributed by atoms with Gasteiger partial charge in [0.25, 0.3) is 0 Å². The van der Waals surface area contributed by atoms with Gasteiger partial charge in [-0.25, -0.2) is 0 Å². The lowest BCUT2D eigenvalue weighted by Gasteiger charge is -2.21. The highest BCUT2D eigenvalue weighted by molar-refractivity contribution is 6.00. The van der Waals surface area contributed by atoms with Crippen LogP contribution in [0.25, 0.3) is 0 Å². The number of oxime groups is 1. The van der Waals surface area contributed by atoms with E-state index in [1.165, 1.54) is 0 Å². The van der Waals surface area contributed by atoms with Crippen LogP contribution in [-0.4, -0.2) is 35.0 Å². The molecule has 3 rings (SSSR count). The first-order chi connectivity index (χ1) is 13.1. The Bertz CT molecular complexity index is 905. The minimum Gasteiger partial charge on any atom is -0.411 e.